The van der Waals surface area contributed by atoms with E-state index in [4.69, 9.17) is 0 Å². The Morgan fingerprint density at radius 1 is 0.957 bits per heavy atom. The van der Waals surface area contributed by atoms with Crippen molar-refractivity contribution in [2.24, 2.45) is 0 Å². The number of anilines is 1. The molecule has 0 unspecified atom stereocenters. The topological polar surface area (TPSA) is 89.8 Å². The van der Waals surface area contributed by atoms with Crippen molar-refractivity contribution in [3.05, 3.63) is 71.3 Å². The molecule has 3 aromatic rings. The van der Waals surface area contributed by atoms with Gasteiger partial charge in [0.15, 0.2) is 0 Å². The number of amides is 1. The maximum Gasteiger partial charge on any atom is 0.267 e. The van der Waals surface area contributed by atoms with E-state index in [1.54, 1.807) is 48.8 Å². The normalized spacial score (nSPS) is 10.3. The third-order valence-electron chi connectivity index (χ3n) is 3.02. The van der Waals surface area contributed by atoms with Gasteiger partial charge in [-0.05, 0) is 30.3 Å². The minimum atomic E-state index is -0.378. The lowest BCUT2D eigenvalue weighted by molar-refractivity contribution is -0.117. The van der Waals surface area contributed by atoms with Crippen LogP contribution in [0.1, 0.15) is 0 Å². The van der Waals surface area contributed by atoms with Crippen LogP contribution in [0.4, 0.5) is 5.82 Å². The van der Waals surface area contributed by atoms with Gasteiger partial charge in [0.1, 0.15) is 18.1 Å². The summed E-state index contributed by atoms with van der Waals surface area (Å²) in [4.78, 5) is 32.1. The van der Waals surface area contributed by atoms with Gasteiger partial charge >= 0.3 is 0 Å². The van der Waals surface area contributed by atoms with Crippen LogP contribution in [0.3, 0.4) is 0 Å². The van der Waals surface area contributed by atoms with E-state index in [2.05, 4.69) is 20.4 Å². The van der Waals surface area contributed by atoms with E-state index >= 15 is 0 Å². The minimum absolute atomic E-state index is 0.198. The van der Waals surface area contributed by atoms with Crippen LogP contribution in [-0.4, -0.2) is 25.7 Å². The third kappa shape index (κ3) is 3.65. The summed E-state index contributed by atoms with van der Waals surface area (Å²) in [6.07, 6.45) is 3.21. The summed E-state index contributed by atoms with van der Waals surface area (Å²) in [6.45, 7) is -0.198. The van der Waals surface area contributed by atoms with E-state index in [0.29, 0.717) is 17.2 Å². The van der Waals surface area contributed by atoms with Gasteiger partial charge in [-0.1, -0.05) is 12.1 Å². The van der Waals surface area contributed by atoms with Gasteiger partial charge in [-0.3, -0.25) is 14.6 Å². The Balaban J connectivity index is 1.80. The number of rotatable bonds is 4. The molecule has 0 aliphatic rings. The molecule has 3 rings (SSSR count). The maximum atomic E-state index is 12.0. The van der Waals surface area contributed by atoms with Crippen LogP contribution < -0.4 is 10.9 Å². The molecule has 7 heteroatoms. The van der Waals surface area contributed by atoms with Crippen molar-refractivity contribution in [3.63, 3.8) is 0 Å². The van der Waals surface area contributed by atoms with Gasteiger partial charge in [-0.25, -0.2) is 9.67 Å². The average Bonchev–Trinajstić information content (AvgIpc) is 2.58. The molecule has 0 saturated heterocycles. The lowest BCUT2D eigenvalue weighted by Crippen LogP contribution is -2.29. The van der Waals surface area contributed by atoms with Gasteiger partial charge in [0.05, 0.1) is 5.69 Å². The Morgan fingerprint density at radius 3 is 2.43 bits per heavy atom. The molecule has 23 heavy (non-hydrogen) atoms. The summed E-state index contributed by atoms with van der Waals surface area (Å²) < 4.78 is 1.10. The predicted octanol–water partition coefficient (Wildman–Crippen LogP) is 1.34. The van der Waals surface area contributed by atoms with Crippen molar-refractivity contribution in [2.45, 2.75) is 6.54 Å². The van der Waals surface area contributed by atoms with Gasteiger partial charge in [-0.2, -0.15) is 5.10 Å². The number of nitrogens with one attached hydrogen (secondary N) is 1. The van der Waals surface area contributed by atoms with Crippen LogP contribution in [0.15, 0.2) is 65.7 Å². The molecule has 0 aliphatic carbocycles. The first-order chi connectivity index (χ1) is 11.2. The SMILES string of the molecule is O=C(Cn1nc(-c2ccccn2)ccc1=O)Nc1ccccn1. The summed E-state index contributed by atoms with van der Waals surface area (Å²) >= 11 is 0. The first kappa shape index (κ1) is 14.6. The highest BCUT2D eigenvalue weighted by Gasteiger charge is 2.09. The lowest BCUT2D eigenvalue weighted by Gasteiger charge is -2.07. The fourth-order valence-electron chi connectivity index (χ4n) is 1.97. The molecule has 0 bridgehead atoms. The van der Waals surface area contributed by atoms with Crippen LogP contribution in [0.25, 0.3) is 11.4 Å². The van der Waals surface area contributed by atoms with Crippen LogP contribution >= 0.6 is 0 Å². The highest BCUT2D eigenvalue weighted by Crippen LogP contribution is 2.10. The maximum absolute atomic E-state index is 12.0. The highest BCUT2D eigenvalue weighted by atomic mass is 16.2. The summed E-state index contributed by atoms with van der Waals surface area (Å²) in [6, 6.07) is 13.5. The van der Waals surface area contributed by atoms with Gasteiger partial charge in [0.2, 0.25) is 5.91 Å². The fourth-order valence-corrected chi connectivity index (χ4v) is 1.97. The van der Waals surface area contributed by atoms with Crippen molar-refractivity contribution < 1.29 is 4.79 Å². The van der Waals surface area contributed by atoms with Gasteiger partial charge in [0, 0.05) is 18.5 Å². The fraction of sp³-hybridized carbons (Fsp3) is 0.0625. The number of carbonyl (C=O) groups is 1. The molecule has 1 N–H and O–H groups in total. The second kappa shape index (κ2) is 6.61. The van der Waals surface area contributed by atoms with E-state index in [0.717, 1.165) is 4.68 Å². The number of hydrogen-bond acceptors (Lipinski definition) is 5. The number of hydrogen-bond donors (Lipinski definition) is 1. The molecule has 7 nitrogen and oxygen atoms in total. The van der Waals surface area contributed by atoms with Gasteiger partial charge < -0.3 is 5.32 Å². The molecule has 3 heterocycles. The number of nitrogens with zero attached hydrogens (tertiary/aromatic N) is 4. The molecule has 3 aromatic heterocycles. The monoisotopic (exact) mass is 307 g/mol. The quantitative estimate of drug-likeness (QED) is 0.785. The molecule has 0 aliphatic heterocycles. The van der Waals surface area contributed by atoms with E-state index in [1.165, 1.54) is 6.07 Å². The Kier molecular flexibility index (Phi) is 4.19. The van der Waals surface area contributed by atoms with Gasteiger partial charge in [0.25, 0.3) is 5.56 Å². The van der Waals surface area contributed by atoms with Crippen molar-refractivity contribution in [2.75, 3.05) is 5.32 Å². The second-order valence-electron chi connectivity index (χ2n) is 4.69. The molecule has 0 atom stereocenters. The van der Waals surface area contributed by atoms with Gasteiger partial charge in [-0.15, -0.1) is 0 Å². The van der Waals surface area contributed by atoms with Crippen molar-refractivity contribution in [3.8, 4) is 11.4 Å². The zero-order valence-electron chi connectivity index (χ0n) is 12.1. The standard InChI is InChI=1S/C16H13N5O2/c22-15(19-14-6-2-4-10-18-14)11-21-16(23)8-7-13(20-21)12-5-1-3-9-17-12/h1-10H,11H2,(H,18,19,22). The van der Waals surface area contributed by atoms with Crippen LogP contribution in [0.5, 0.6) is 0 Å². The molecular weight excluding hydrogens is 294 g/mol. The summed E-state index contributed by atoms with van der Waals surface area (Å²) in [7, 11) is 0. The Morgan fingerprint density at radius 2 is 1.74 bits per heavy atom. The van der Waals surface area contributed by atoms with Crippen molar-refractivity contribution in [1.29, 1.82) is 0 Å². The number of aromatic nitrogens is 4. The minimum Gasteiger partial charge on any atom is -0.309 e. The molecule has 0 aromatic carbocycles. The molecule has 0 fully saturated rings. The molecule has 0 radical (unpaired) electrons. The largest absolute Gasteiger partial charge is 0.309 e. The smallest absolute Gasteiger partial charge is 0.267 e. The second-order valence-corrected chi connectivity index (χ2v) is 4.69. The lowest BCUT2D eigenvalue weighted by atomic mass is 10.2. The zero-order valence-corrected chi connectivity index (χ0v) is 12.1. The average molecular weight is 307 g/mol. The number of pyridine rings is 2. The predicted molar refractivity (Wildman–Crippen MR) is 84.6 cm³/mol. The first-order valence-electron chi connectivity index (χ1n) is 6.93. The molecule has 1 amide bonds. The van der Waals surface area contributed by atoms with Crippen LogP contribution in [0, 0.1) is 0 Å². The van der Waals surface area contributed by atoms with Crippen LogP contribution in [-0.2, 0) is 11.3 Å². The van der Waals surface area contributed by atoms with E-state index < -0.39 is 0 Å². The van der Waals surface area contributed by atoms with E-state index in [-0.39, 0.29) is 18.0 Å². The van der Waals surface area contributed by atoms with E-state index in [9.17, 15) is 9.59 Å². The Bertz CT molecular complexity index is 862. The molecule has 0 spiro atoms. The summed E-state index contributed by atoms with van der Waals surface area (Å²) in [5.74, 6) is 0.0444. The first-order valence-corrected chi connectivity index (χ1v) is 6.93. The number of carbonyl (C=O) groups excluding carboxylic acids is 1. The summed E-state index contributed by atoms with van der Waals surface area (Å²) in [5, 5.41) is 6.80. The van der Waals surface area contributed by atoms with Crippen molar-refractivity contribution in [1.82, 2.24) is 19.7 Å². The third-order valence-corrected chi connectivity index (χ3v) is 3.02. The highest BCUT2D eigenvalue weighted by molar-refractivity contribution is 5.89. The van der Waals surface area contributed by atoms with Crippen molar-refractivity contribution >= 4 is 11.7 Å². The molecular formula is C16H13N5O2. The molecule has 114 valence electrons. The summed E-state index contributed by atoms with van der Waals surface area (Å²) in [5.41, 5.74) is 0.795. The zero-order chi connectivity index (χ0) is 16.1. The van der Waals surface area contributed by atoms with E-state index in [1.807, 2.05) is 6.07 Å². The van der Waals surface area contributed by atoms with Crippen LogP contribution in [0.2, 0.25) is 0 Å². The Labute approximate surface area is 131 Å². The molecule has 0 saturated carbocycles. The Hall–Kier alpha value is -3.35.